The van der Waals surface area contributed by atoms with Crippen LogP contribution in [0.15, 0.2) is 54.6 Å². The van der Waals surface area contributed by atoms with Crippen LogP contribution in [0.4, 0.5) is 4.79 Å². The Labute approximate surface area is 161 Å². The normalized spacial score (nSPS) is 17.0. The van der Waals surface area contributed by atoms with E-state index in [0.29, 0.717) is 19.0 Å². The van der Waals surface area contributed by atoms with Crippen molar-refractivity contribution in [1.29, 1.82) is 0 Å². The highest BCUT2D eigenvalue weighted by Gasteiger charge is 2.22. The van der Waals surface area contributed by atoms with Gasteiger partial charge in [-0.15, -0.1) is 0 Å². The lowest BCUT2D eigenvalue weighted by molar-refractivity contribution is 0.206. The fourth-order valence-corrected chi connectivity index (χ4v) is 3.65. The zero-order chi connectivity index (χ0) is 19.1. The molecule has 1 aliphatic rings. The molecule has 2 aromatic carbocycles. The minimum atomic E-state index is -0.0718. The minimum Gasteiger partial charge on any atom is -0.508 e. The number of carbonyl (C=O) groups excluding carboxylic acids is 1. The number of urea groups is 1. The van der Waals surface area contributed by atoms with Crippen molar-refractivity contribution in [2.24, 2.45) is 5.92 Å². The maximum Gasteiger partial charge on any atom is 0.317 e. The molecule has 2 amide bonds. The van der Waals surface area contributed by atoms with Crippen LogP contribution in [0.2, 0.25) is 0 Å². The van der Waals surface area contributed by atoms with Crippen molar-refractivity contribution < 1.29 is 9.90 Å². The smallest absolute Gasteiger partial charge is 0.317 e. The number of hydrogen-bond acceptors (Lipinski definition) is 3. The van der Waals surface area contributed by atoms with Gasteiger partial charge in [0, 0.05) is 33.2 Å². The van der Waals surface area contributed by atoms with Crippen LogP contribution in [-0.4, -0.2) is 47.6 Å². The number of carbonyl (C=O) groups is 1. The highest BCUT2D eigenvalue weighted by molar-refractivity contribution is 5.73. The van der Waals surface area contributed by atoms with Gasteiger partial charge in [0.1, 0.15) is 5.75 Å². The molecule has 2 N–H and O–H groups in total. The summed E-state index contributed by atoms with van der Waals surface area (Å²) in [6, 6.07) is 17.5. The third-order valence-electron chi connectivity index (χ3n) is 5.12. The Morgan fingerprint density at radius 2 is 1.96 bits per heavy atom. The molecule has 0 aromatic heterocycles. The van der Waals surface area contributed by atoms with Crippen LogP contribution in [0.25, 0.3) is 0 Å². The second kappa shape index (κ2) is 9.42. The van der Waals surface area contributed by atoms with E-state index in [1.807, 2.05) is 6.07 Å². The lowest BCUT2D eigenvalue weighted by Gasteiger charge is -2.19. The molecule has 5 nitrogen and oxygen atoms in total. The SMILES string of the molecule is CN(Cc1cccc(O)c1)C(=O)NCC[C@@H]1CCN(Cc2ccccc2)C1. The van der Waals surface area contributed by atoms with E-state index in [4.69, 9.17) is 0 Å². The quantitative estimate of drug-likeness (QED) is 0.788. The monoisotopic (exact) mass is 367 g/mol. The van der Waals surface area contributed by atoms with Crippen LogP contribution >= 0.6 is 0 Å². The van der Waals surface area contributed by atoms with E-state index in [9.17, 15) is 9.90 Å². The van der Waals surface area contributed by atoms with E-state index in [-0.39, 0.29) is 11.8 Å². The number of nitrogens with one attached hydrogen (secondary N) is 1. The van der Waals surface area contributed by atoms with E-state index < -0.39 is 0 Å². The highest BCUT2D eigenvalue weighted by Crippen LogP contribution is 2.21. The Morgan fingerprint density at radius 3 is 2.74 bits per heavy atom. The van der Waals surface area contributed by atoms with Gasteiger partial charge >= 0.3 is 6.03 Å². The highest BCUT2D eigenvalue weighted by atomic mass is 16.3. The van der Waals surface area contributed by atoms with Gasteiger partial charge in [0.2, 0.25) is 0 Å². The fourth-order valence-electron chi connectivity index (χ4n) is 3.65. The van der Waals surface area contributed by atoms with Crippen molar-refractivity contribution >= 4 is 6.03 Å². The van der Waals surface area contributed by atoms with Crippen LogP contribution in [-0.2, 0) is 13.1 Å². The number of rotatable bonds is 7. The number of likely N-dealkylation sites (tertiary alicyclic amines) is 1. The van der Waals surface area contributed by atoms with Gasteiger partial charge in [-0.1, -0.05) is 42.5 Å². The molecule has 0 unspecified atom stereocenters. The molecule has 5 heteroatoms. The van der Waals surface area contributed by atoms with E-state index >= 15 is 0 Å². The van der Waals surface area contributed by atoms with Crippen LogP contribution < -0.4 is 5.32 Å². The molecule has 0 radical (unpaired) electrons. The molecule has 1 heterocycles. The third kappa shape index (κ3) is 6.00. The number of phenolic OH excluding ortho intramolecular Hbond substituents is 1. The van der Waals surface area contributed by atoms with Crippen molar-refractivity contribution in [2.45, 2.75) is 25.9 Å². The number of amides is 2. The summed E-state index contributed by atoms with van der Waals surface area (Å²) in [4.78, 5) is 16.4. The molecular formula is C22H29N3O2. The Balaban J connectivity index is 1.35. The Hall–Kier alpha value is -2.53. The van der Waals surface area contributed by atoms with Crippen LogP contribution in [0.3, 0.4) is 0 Å². The Kier molecular flexibility index (Phi) is 6.71. The number of nitrogens with zero attached hydrogens (tertiary/aromatic N) is 2. The average molecular weight is 367 g/mol. The first kappa shape index (κ1) is 19.2. The van der Waals surface area contributed by atoms with Crippen LogP contribution in [0, 0.1) is 5.92 Å². The van der Waals surface area contributed by atoms with Gasteiger partial charge in [0.05, 0.1) is 0 Å². The summed E-state index contributed by atoms with van der Waals surface area (Å²) in [6.07, 6.45) is 2.21. The Morgan fingerprint density at radius 1 is 1.19 bits per heavy atom. The number of phenols is 1. The van der Waals surface area contributed by atoms with E-state index in [1.165, 1.54) is 12.0 Å². The summed E-state index contributed by atoms with van der Waals surface area (Å²) < 4.78 is 0. The molecule has 0 aliphatic carbocycles. The van der Waals surface area contributed by atoms with Crippen molar-refractivity contribution in [2.75, 3.05) is 26.7 Å². The van der Waals surface area contributed by atoms with Gasteiger partial charge in [-0.3, -0.25) is 4.90 Å². The van der Waals surface area contributed by atoms with E-state index in [2.05, 4.69) is 40.5 Å². The molecule has 27 heavy (non-hydrogen) atoms. The molecule has 1 fully saturated rings. The Bertz CT molecular complexity index is 735. The number of benzene rings is 2. The summed E-state index contributed by atoms with van der Waals surface area (Å²) >= 11 is 0. The lowest BCUT2D eigenvalue weighted by atomic mass is 10.1. The van der Waals surface area contributed by atoms with Crippen molar-refractivity contribution in [1.82, 2.24) is 15.1 Å². The molecule has 0 bridgehead atoms. The number of aromatic hydroxyl groups is 1. The molecule has 1 aliphatic heterocycles. The lowest BCUT2D eigenvalue weighted by Crippen LogP contribution is -2.37. The maximum absolute atomic E-state index is 12.3. The largest absolute Gasteiger partial charge is 0.508 e. The summed E-state index contributed by atoms with van der Waals surface area (Å²) in [7, 11) is 1.77. The summed E-state index contributed by atoms with van der Waals surface area (Å²) in [5.41, 5.74) is 2.28. The standard InChI is InChI=1S/C22H29N3O2/c1-24(15-20-8-5-9-21(26)14-20)22(27)23-12-10-19-11-13-25(17-19)16-18-6-3-2-4-7-18/h2-9,14,19,26H,10-13,15-17H2,1H3,(H,23,27)/t19-/m1/s1. The van der Waals surface area contributed by atoms with Crippen LogP contribution in [0.1, 0.15) is 24.0 Å². The van der Waals surface area contributed by atoms with E-state index in [0.717, 1.165) is 31.6 Å². The maximum atomic E-state index is 12.3. The zero-order valence-corrected chi connectivity index (χ0v) is 16.0. The van der Waals surface area contributed by atoms with Crippen LogP contribution in [0.5, 0.6) is 5.75 Å². The molecular weight excluding hydrogens is 338 g/mol. The second-order valence-electron chi connectivity index (χ2n) is 7.42. The van der Waals surface area contributed by atoms with Crippen molar-refractivity contribution in [3.63, 3.8) is 0 Å². The number of hydrogen-bond donors (Lipinski definition) is 2. The molecule has 144 valence electrons. The topological polar surface area (TPSA) is 55.8 Å². The van der Waals surface area contributed by atoms with Crippen molar-refractivity contribution in [3.8, 4) is 5.75 Å². The summed E-state index contributed by atoms with van der Waals surface area (Å²) in [6.45, 7) is 4.42. The third-order valence-corrected chi connectivity index (χ3v) is 5.12. The average Bonchev–Trinajstić information content (AvgIpc) is 3.09. The molecule has 2 aromatic rings. The first-order chi connectivity index (χ1) is 13.1. The van der Waals surface area contributed by atoms with Gasteiger partial charge in [-0.2, -0.15) is 0 Å². The first-order valence-corrected chi connectivity index (χ1v) is 9.63. The predicted octanol–water partition coefficient (Wildman–Crippen LogP) is 3.45. The molecule has 0 saturated carbocycles. The molecule has 3 rings (SSSR count). The molecule has 1 saturated heterocycles. The minimum absolute atomic E-state index is 0.0718. The fraction of sp³-hybridized carbons (Fsp3) is 0.409. The first-order valence-electron chi connectivity index (χ1n) is 9.63. The van der Waals surface area contributed by atoms with Gasteiger partial charge in [0.15, 0.2) is 0 Å². The zero-order valence-electron chi connectivity index (χ0n) is 16.0. The van der Waals surface area contributed by atoms with Gasteiger partial charge < -0.3 is 15.3 Å². The second-order valence-corrected chi connectivity index (χ2v) is 7.42. The molecule has 1 atom stereocenters. The van der Waals surface area contributed by atoms with E-state index in [1.54, 1.807) is 30.1 Å². The summed E-state index contributed by atoms with van der Waals surface area (Å²) in [5.74, 6) is 0.869. The predicted molar refractivity (Wildman–Crippen MR) is 107 cm³/mol. The molecule has 0 spiro atoms. The van der Waals surface area contributed by atoms with Gasteiger partial charge in [0.25, 0.3) is 0 Å². The van der Waals surface area contributed by atoms with Crippen molar-refractivity contribution in [3.05, 3.63) is 65.7 Å². The summed E-state index contributed by atoms with van der Waals surface area (Å²) in [5, 5.41) is 12.5. The van der Waals surface area contributed by atoms with Gasteiger partial charge in [-0.05, 0) is 48.6 Å². The van der Waals surface area contributed by atoms with Gasteiger partial charge in [-0.25, -0.2) is 4.79 Å².